The standard InChI is InChI=1S/C14H21N3O/c1-2-3-4-11-7-12-13(16-8-11)17-10-14(18-12)5-6-15-9-14/h7-8,15H,2-6,9-10H2,1H3,(H,16,17). The molecular weight excluding hydrogens is 226 g/mol. The second-order valence-electron chi connectivity index (χ2n) is 5.36. The van der Waals surface area contributed by atoms with E-state index in [1.165, 1.54) is 18.4 Å². The SMILES string of the molecule is CCCCc1cnc2c(c1)OC1(CCNC1)CN2. The minimum absolute atomic E-state index is 0.0575. The van der Waals surface area contributed by atoms with E-state index >= 15 is 0 Å². The molecule has 4 nitrogen and oxygen atoms in total. The molecule has 2 aliphatic heterocycles. The number of anilines is 1. The Bertz CT molecular complexity index is 427. The largest absolute Gasteiger partial charge is 0.480 e. The monoisotopic (exact) mass is 247 g/mol. The zero-order chi connectivity index (χ0) is 12.4. The predicted octanol–water partition coefficient (Wildman–Crippen LogP) is 1.96. The molecule has 18 heavy (non-hydrogen) atoms. The molecule has 0 amide bonds. The van der Waals surface area contributed by atoms with Crippen molar-refractivity contribution in [2.24, 2.45) is 0 Å². The van der Waals surface area contributed by atoms with Gasteiger partial charge in [0.25, 0.3) is 0 Å². The van der Waals surface area contributed by atoms with Gasteiger partial charge in [0.15, 0.2) is 11.6 Å². The van der Waals surface area contributed by atoms with Gasteiger partial charge in [0.1, 0.15) is 5.60 Å². The fourth-order valence-electron chi connectivity index (χ4n) is 2.69. The Morgan fingerprint density at radius 1 is 1.44 bits per heavy atom. The molecule has 1 atom stereocenters. The number of rotatable bonds is 3. The molecular formula is C14H21N3O. The summed E-state index contributed by atoms with van der Waals surface area (Å²) in [6.45, 7) is 5.04. The van der Waals surface area contributed by atoms with Crippen molar-refractivity contribution in [1.29, 1.82) is 0 Å². The first-order valence-electron chi connectivity index (χ1n) is 6.94. The van der Waals surface area contributed by atoms with Gasteiger partial charge in [-0.2, -0.15) is 0 Å². The molecule has 2 N–H and O–H groups in total. The van der Waals surface area contributed by atoms with Crippen LogP contribution in [0.3, 0.4) is 0 Å². The zero-order valence-electron chi connectivity index (χ0n) is 11.0. The molecule has 98 valence electrons. The smallest absolute Gasteiger partial charge is 0.168 e. The van der Waals surface area contributed by atoms with Crippen molar-refractivity contribution in [2.75, 3.05) is 25.0 Å². The van der Waals surface area contributed by atoms with Crippen LogP contribution in [0.2, 0.25) is 0 Å². The van der Waals surface area contributed by atoms with Crippen molar-refractivity contribution in [3.63, 3.8) is 0 Å². The molecule has 4 heteroatoms. The van der Waals surface area contributed by atoms with E-state index in [1.807, 2.05) is 6.20 Å². The maximum absolute atomic E-state index is 6.21. The summed E-state index contributed by atoms with van der Waals surface area (Å²) in [6, 6.07) is 2.16. The van der Waals surface area contributed by atoms with Crippen LogP contribution in [0.5, 0.6) is 5.75 Å². The summed E-state index contributed by atoms with van der Waals surface area (Å²) in [5, 5.41) is 6.78. The summed E-state index contributed by atoms with van der Waals surface area (Å²) in [6.07, 6.45) is 6.55. The van der Waals surface area contributed by atoms with Crippen LogP contribution in [0.1, 0.15) is 31.7 Å². The van der Waals surface area contributed by atoms with E-state index in [1.54, 1.807) is 0 Å². The maximum Gasteiger partial charge on any atom is 0.168 e. The van der Waals surface area contributed by atoms with Crippen LogP contribution in [0, 0.1) is 0 Å². The van der Waals surface area contributed by atoms with Crippen LogP contribution in [-0.2, 0) is 6.42 Å². The Morgan fingerprint density at radius 2 is 2.39 bits per heavy atom. The molecule has 0 radical (unpaired) electrons. The van der Waals surface area contributed by atoms with E-state index in [4.69, 9.17) is 4.74 Å². The number of aromatic nitrogens is 1. The Kier molecular flexibility index (Phi) is 3.12. The number of hydrogen-bond acceptors (Lipinski definition) is 4. The number of unbranched alkanes of at least 4 members (excludes halogenated alkanes) is 1. The van der Waals surface area contributed by atoms with Crippen molar-refractivity contribution < 1.29 is 4.74 Å². The first kappa shape index (κ1) is 11.8. The molecule has 1 fully saturated rings. The second-order valence-corrected chi connectivity index (χ2v) is 5.36. The summed E-state index contributed by atoms with van der Waals surface area (Å²) in [7, 11) is 0. The quantitative estimate of drug-likeness (QED) is 0.857. The average Bonchev–Trinajstić information content (AvgIpc) is 2.84. The number of fused-ring (bicyclic) bond motifs is 1. The lowest BCUT2D eigenvalue weighted by molar-refractivity contribution is 0.0957. The number of ether oxygens (including phenoxy) is 1. The summed E-state index contributed by atoms with van der Waals surface area (Å²) in [5.41, 5.74) is 1.22. The van der Waals surface area contributed by atoms with Crippen molar-refractivity contribution in [3.05, 3.63) is 17.8 Å². The van der Waals surface area contributed by atoms with E-state index in [0.717, 1.165) is 44.0 Å². The molecule has 1 unspecified atom stereocenters. The van der Waals surface area contributed by atoms with Gasteiger partial charge in [0, 0.05) is 19.2 Å². The fraction of sp³-hybridized carbons (Fsp3) is 0.643. The molecule has 3 rings (SSSR count). The first-order valence-corrected chi connectivity index (χ1v) is 6.94. The summed E-state index contributed by atoms with van der Waals surface area (Å²) in [5.74, 6) is 1.83. The second kappa shape index (κ2) is 4.76. The molecule has 0 bridgehead atoms. The van der Waals surface area contributed by atoms with Crippen LogP contribution >= 0.6 is 0 Å². The molecule has 0 aliphatic carbocycles. The Morgan fingerprint density at radius 3 is 3.17 bits per heavy atom. The fourth-order valence-corrected chi connectivity index (χ4v) is 2.69. The number of aryl methyl sites for hydroxylation is 1. The molecule has 2 aliphatic rings. The van der Waals surface area contributed by atoms with E-state index in [2.05, 4.69) is 28.6 Å². The third-order valence-corrected chi connectivity index (χ3v) is 3.84. The average molecular weight is 247 g/mol. The Balaban J connectivity index is 1.79. The summed E-state index contributed by atoms with van der Waals surface area (Å²) in [4.78, 5) is 4.47. The lowest BCUT2D eigenvalue weighted by Gasteiger charge is -2.35. The number of nitrogens with zero attached hydrogens (tertiary/aromatic N) is 1. The summed E-state index contributed by atoms with van der Waals surface area (Å²) < 4.78 is 6.21. The highest BCUT2D eigenvalue weighted by Gasteiger charge is 2.39. The van der Waals surface area contributed by atoms with Gasteiger partial charge in [-0.25, -0.2) is 4.98 Å². The van der Waals surface area contributed by atoms with Crippen LogP contribution < -0.4 is 15.4 Å². The Hall–Kier alpha value is -1.29. The number of hydrogen-bond donors (Lipinski definition) is 2. The van der Waals surface area contributed by atoms with Crippen LogP contribution in [0.25, 0.3) is 0 Å². The summed E-state index contributed by atoms with van der Waals surface area (Å²) >= 11 is 0. The van der Waals surface area contributed by atoms with E-state index in [-0.39, 0.29) is 5.60 Å². The maximum atomic E-state index is 6.21. The van der Waals surface area contributed by atoms with Gasteiger partial charge in [-0.05, 0) is 31.0 Å². The molecule has 1 saturated heterocycles. The number of pyridine rings is 1. The third kappa shape index (κ3) is 2.17. The minimum Gasteiger partial charge on any atom is -0.480 e. The van der Waals surface area contributed by atoms with Crippen LogP contribution in [-0.4, -0.2) is 30.2 Å². The van der Waals surface area contributed by atoms with Crippen molar-refractivity contribution in [2.45, 2.75) is 38.2 Å². The van der Waals surface area contributed by atoms with Gasteiger partial charge in [-0.1, -0.05) is 13.3 Å². The van der Waals surface area contributed by atoms with Gasteiger partial charge in [0.05, 0.1) is 6.54 Å². The zero-order valence-corrected chi connectivity index (χ0v) is 11.0. The Labute approximate surface area is 108 Å². The van der Waals surface area contributed by atoms with E-state index < -0.39 is 0 Å². The first-order chi connectivity index (χ1) is 8.81. The van der Waals surface area contributed by atoms with E-state index in [9.17, 15) is 0 Å². The van der Waals surface area contributed by atoms with Crippen LogP contribution in [0.4, 0.5) is 5.82 Å². The predicted molar refractivity (Wildman–Crippen MR) is 72.2 cm³/mol. The highest BCUT2D eigenvalue weighted by Crippen LogP contribution is 2.34. The number of nitrogens with one attached hydrogen (secondary N) is 2. The van der Waals surface area contributed by atoms with Crippen LogP contribution in [0.15, 0.2) is 12.3 Å². The molecule has 1 aromatic rings. The molecule has 1 spiro atoms. The minimum atomic E-state index is -0.0575. The van der Waals surface area contributed by atoms with E-state index in [0.29, 0.717) is 0 Å². The topological polar surface area (TPSA) is 46.2 Å². The third-order valence-electron chi connectivity index (χ3n) is 3.84. The van der Waals surface area contributed by atoms with Gasteiger partial charge in [-0.3, -0.25) is 0 Å². The van der Waals surface area contributed by atoms with Crippen molar-refractivity contribution in [3.8, 4) is 5.75 Å². The van der Waals surface area contributed by atoms with Gasteiger partial charge in [-0.15, -0.1) is 0 Å². The highest BCUT2D eigenvalue weighted by atomic mass is 16.5. The lowest BCUT2D eigenvalue weighted by Crippen LogP contribution is -2.47. The highest BCUT2D eigenvalue weighted by molar-refractivity contribution is 5.54. The lowest BCUT2D eigenvalue weighted by atomic mass is 10.0. The van der Waals surface area contributed by atoms with Crippen molar-refractivity contribution >= 4 is 5.82 Å². The molecule has 0 aromatic carbocycles. The molecule has 0 saturated carbocycles. The molecule has 3 heterocycles. The van der Waals surface area contributed by atoms with Gasteiger partial charge >= 0.3 is 0 Å². The normalized spacial score (nSPS) is 25.6. The van der Waals surface area contributed by atoms with Gasteiger partial charge in [0.2, 0.25) is 0 Å². The van der Waals surface area contributed by atoms with Gasteiger partial charge < -0.3 is 15.4 Å². The molecule has 1 aromatic heterocycles. The van der Waals surface area contributed by atoms with Crippen molar-refractivity contribution in [1.82, 2.24) is 10.3 Å².